The second kappa shape index (κ2) is 11.9. The van der Waals surface area contributed by atoms with Gasteiger partial charge in [-0.15, -0.1) is 0 Å². The lowest BCUT2D eigenvalue weighted by Crippen LogP contribution is -2.60. The third kappa shape index (κ3) is 6.45. The maximum Gasteiger partial charge on any atom is 0.308 e. The number of nitrogens with zero attached hydrogens (tertiary/aromatic N) is 1. The van der Waals surface area contributed by atoms with E-state index < -0.39 is 17.9 Å². The molecule has 4 rings (SSSR count). The lowest BCUT2D eigenvalue weighted by molar-refractivity contribution is -0.153. The Bertz CT molecular complexity index is 1000. The second-order valence-electron chi connectivity index (χ2n) is 9.00. The summed E-state index contributed by atoms with van der Waals surface area (Å²) in [6.07, 6.45) is 4.79. The number of hydrogen-bond acceptors (Lipinski definition) is 5. The first-order valence-electron chi connectivity index (χ1n) is 12.2. The van der Waals surface area contributed by atoms with Crippen molar-refractivity contribution >= 4 is 35.1 Å². The number of carbonyl (C=O) groups excluding carboxylic acids is 3. The highest BCUT2D eigenvalue weighted by molar-refractivity contribution is 7.80. The van der Waals surface area contributed by atoms with Crippen LogP contribution in [0.2, 0.25) is 0 Å². The van der Waals surface area contributed by atoms with Gasteiger partial charge in [-0.2, -0.15) is 0 Å². The molecule has 1 saturated heterocycles. The standard InChI is InChI=1S/C27H31N3O4S/c31-23(34-21-14-8-3-9-15-21)18-22-25(32)28-16-17-30(22)27(35)29-26(33)24(19-10-4-1-5-11-19)20-12-6-2-7-13-20/h1-2,4-7,10-13,21-22,24H,3,8-9,14-18H2,(H,28,32)(H,29,33,35). The van der Waals surface area contributed by atoms with Gasteiger partial charge in [-0.25, -0.2) is 0 Å². The van der Waals surface area contributed by atoms with Crippen molar-refractivity contribution < 1.29 is 19.1 Å². The summed E-state index contributed by atoms with van der Waals surface area (Å²) >= 11 is 5.58. The summed E-state index contributed by atoms with van der Waals surface area (Å²) in [6, 6.07) is 18.1. The maximum absolute atomic E-state index is 13.5. The fourth-order valence-corrected chi connectivity index (χ4v) is 5.09. The first kappa shape index (κ1) is 24.9. The van der Waals surface area contributed by atoms with Gasteiger partial charge in [-0.3, -0.25) is 14.4 Å². The molecule has 0 spiro atoms. The highest BCUT2D eigenvalue weighted by atomic mass is 32.1. The minimum atomic E-state index is -0.820. The SMILES string of the molecule is O=C(CC1C(=O)NCCN1C(=S)NC(=O)C(c1ccccc1)c1ccccc1)OC1CCCCC1. The van der Waals surface area contributed by atoms with E-state index in [9.17, 15) is 14.4 Å². The highest BCUT2D eigenvalue weighted by Crippen LogP contribution is 2.25. The average Bonchev–Trinajstić information content (AvgIpc) is 2.87. The van der Waals surface area contributed by atoms with Crippen molar-refractivity contribution in [3.05, 3.63) is 71.8 Å². The Morgan fingerprint density at radius 1 is 1.00 bits per heavy atom. The molecule has 2 aliphatic rings. The third-order valence-electron chi connectivity index (χ3n) is 6.56. The van der Waals surface area contributed by atoms with Crippen LogP contribution in [0.3, 0.4) is 0 Å². The Kier molecular flexibility index (Phi) is 8.47. The molecular formula is C27H31N3O4S. The van der Waals surface area contributed by atoms with Crippen molar-refractivity contribution in [3.8, 4) is 0 Å². The molecule has 1 atom stereocenters. The van der Waals surface area contributed by atoms with Gasteiger partial charge in [0.2, 0.25) is 11.8 Å². The summed E-state index contributed by atoms with van der Waals surface area (Å²) in [6.45, 7) is 0.775. The number of amides is 2. The van der Waals surface area contributed by atoms with Gasteiger partial charge < -0.3 is 20.3 Å². The number of hydrogen-bond donors (Lipinski definition) is 2. The zero-order valence-corrected chi connectivity index (χ0v) is 20.5. The van der Waals surface area contributed by atoms with Gasteiger partial charge in [0.1, 0.15) is 12.1 Å². The molecule has 8 heteroatoms. The first-order valence-corrected chi connectivity index (χ1v) is 12.6. The van der Waals surface area contributed by atoms with Crippen molar-refractivity contribution in [2.24, 2.45) is 0 Å². The molecule has 0 radical (unpaired) electrons. The molecule has 35 heavy (non-hydrogen) atoms. The third-order valence-corrected chi connectivity index (χ3v) is 6.90. The Balaban J connectivity index is 1.46. The molecule has 1 aliphatic heterocycles. The normalized spacial score (nSPS) is 18.6. The lowest BCUT2D eigenvalue weighted by atomic mass is 9.90. The van der Waals surface area contributed by atoms with Crippen LogP contribution in [-0.2, 0) is 19.1 Å². The fraction of sp³-hybridized carbons (Fsp3) is 0.407. The first-order chi connectivity index (χ1) is 17.0. The van der Waals surface area contributed by atoms with E-state index in [2.05, 4.69) is 10.6 Å². The largest absolute Gasteiger partial charge is 0.462 e. The van der Waals surface area contributed by atoms with Crippen molar-refractivity contribution in [1.29, 1.82) is 0 Å². The van der Waals surface area contributed by atoms with E-state index >= 15 is 0 Å². The molecule has 0 bridgehead atoms. The van der Waals surface area contributed by atoms with Crippen LogP contribution in [0.1, 0.15) is 55.6 Å². The summed E-state index contributed by atoms with van der Waals surface area (Å²) in [5.41, 5.74) is 1.67. The van der Waals surface area contributed by atoms with Crippen LogP contribution in [-0.4, -0.2) is 53.0 Å². The van der Waals surface area contributed by atoms with Gasteiger partial charge in [-0.1, -0.05) is 67.1 Å². The van der Waals surface area contributed by atoms with E-state index in [0.717, 1.165) is 43.2 Å². The average molecular weight is 494 g/mol. The van der Waals surface area contributed by atoms with E-state index in [4.69, 9.17) is 17.0 Å². The zero-order valence-electron chi connectivity index (χ0n) is 19.7. The van der Waals surface area contributed by atoms with E-state index in [1.165, 1.54) is 0 Å². The van der Waals surface area contributed by atoms with Crippen molar-refractivity contribution in [2.75, 3.05) is 13.1 Å². The van der Waals surface area contributed by atoms with Gasteiger partial charge in [0, 0.05) is 13.1 Å². The number of carbonyl (C=O) groups is 3. The van der Waals surface area contributed by atoms with Crippen LogP contribution in [0.5, 0.6) is 0 Å². The number of ether oxygens (including phenoxy) is 1. The molecule has 184 valence electrons. The molecule has 1 heterocycles. The topological polar surface area (TPSA) is 87.7 Å². The Hall–Kier alpha value is -3.26. The number of esters is 1. The van der Waals surface area contributed by atoms with Crippen molar-refractivity contribution in [2.45, 2.75) is 56.6 Å². The second-order valence-corrected chi connectivity index (χ2v) is 9.39. The molecule has 1 aliphatic carbocycles. The Labute approximate surface area is 211 Å². The summed E-state index contributed by atoms with van der Waals surface area (Å²) in [7, 11) is 0. The quantitative estimate of drug-likeness (QED) is 0.474. The Morgan fingerprint density at radius 2 is 1.60 bits per heavy atom. The Morgan fingerprint density at radius 3 is 2.20 bits per heavy atom. The van der Waals surface area contributed by atoms with Crippen molar-refractivity contribution in [1.82, 2.24) is 15.5 Å². The summed E-state index contributed by atoms with van der Waals surface area (Å²) in [5, 5.41) is 5.77. The minimum absolute atomic E-state index is 0.0829. The van der Waals surface area contributed by atoms with Crippen LogP contribution in [0.15, 0.2) is 60.7 Å². The van der Waals surface area contributed by atoms with Crippen LogP contribution in [0, 0.1) is 0 Å². The van der Waals surface area contributed by atoms with E-state index in [1.807, 2.05) is 60.7 Å². The molecule has 1 saturated carbocycles. The number of thiocarbonyl (C=S) groups is 1. The monoisotopic (exact) mass is 493 g/mol. The van der Waals surface area contributed by atoms with Crippen LogP contribution < -0.4 is 10.6 Å². The number of piperazine rings is 1. The van der Waals surface area contributed by atoms with Gasteiger partial charge in [0.25, 0.3) is 0 Å². The molecule has 2 amide bonds. The molecule has 2 fully saturated rings. The van der Waals surface area contributed by atoms with Gasteiger partial charge in [0.15, 0.2) is 5.11 Å². The van der Waals surface area contributed by atoms with Gasteiger partial charge >= 0.3 is 5.97 Å². The van der Waals surface area contributed by atoms with Crippen LogP contribution in [0.4, 0.5) is 0 Å². The lowest BCUT2D eigenvalue weighted by Gasteiger charge is -2.36. The smallest absolute Gasteiger partial charge is 0.308 e. The number of rotatable bonds is 6. The van der Waals surface area contributed by atoms with E-state index in [1.54, 1.807) is 4.90 Å². The predicted molar refractivity (Wildman–Crippen MR) is 137 cm³/mol. The molecule has 2 N–H and O–H groups in total. The zero-order chi connectivity index (χ0) is 24.6. The van der Waals surface area contributed by atoms with E-state index in [0.29, 0.717) is 13.1 Å². The van der Waals surface area contributed by atoms with Crippen LogP contribution in [0.25, 0.3) is 0 Å². The fourth-order valence-electron chi connectivity index (χ4n) is 4.77. The number of nitrogens with one attached hydrogen (secondary N) is 2. The predicted octanol–water partition coefficient (Wildman–Crippen LogP) is 3.29. The van der Waals surface area contributed by atoms with Gasteiger partial charge in [0.05, 0.1) is 12.3 Å². The molecule has 2 aromatic rings. The molecule has 2 aromatic carbocycles. The minimum Gasteiger partial charge on any atom is -0.462 e. The summed E-state index contributed by atoms with van der Waals surface area (Å²) in [5.74, 6) is -1.56. The maximum atomic E-state index is 13.5. The summed E-state index contributed by atoms with van der Waals surface area (Å²) < 4.78 is 5.63. The van der Waals surface area contributed by atoms with Crippen molar-refractivity contribution in [3.63, 3.8) is 0 Å². The molecule has 7 nitrogen and oxygen atoms in total. The summed E-state index contributed by atoms with van der Waals surface area (Å²) in [4.78, 5) is 40.4. The molecule has 1 unspecified atom stereocenters. The number of benzene rings is 2. The van der Waals surface area contributed by atoms with E-state index in [-0.39, 0.29) is 29.5 Å². The molecule has 0 aromatic heterocycles. The highest BCUT2D eigenvalue weighted by Gasteiger charge is 2.35. The van der Waals surface area contributed by atoms with Gasteiger partial charge in [-0.05, 0) is 49.0 Å². The van der Waals surface area contributed by atoms with Crippen LogP contribution >= 0.6 is 12.2 Å². The molecular weight excluding hydrogens is 462 g/mol.